The second-order valence-electron chi connectivity index (χ2n) is 15.8. The van der Waals surface area contributed by atoms with Crippen LogP contribution in [0.1, 0.15) is 74.9 Å². The number of hydrogen-bond donors (Lipinski definition) is 0. The van der Waals surface area contributed by atoms with Gasteiger partial charge in [0, 0.05) is 10.8 Å². The Balaban J connectivity index is 1.66. The third kappa shape index (κ3) is 3.45. The van der Waals surface area contributed by atoms with E-state index in [9.17, 15) is 0 Å². The maximum absolute atomic E-state index is 7.17. The van der Waals surface area contributed by atoms with Crippen LogP contribution in [0.5, 0.6) is 0 Å². The number of rotatable bonds is 0. The van der Waals surface area contributed by atoms with Gasteiger partial charge in [-0.2, -0.15) is 0 Å². The summed E-state index contributed by atoms with van der Waals surface area (Å²) < 4.78 is 19.2. The number of hydrogen-bond acceptors (Lipinski definition) is 2. The highest BCUT2D eigenvalue weighted by Gasteiger charge is 2.29. The Morgan fingerprint density at radius 1 is 0.457 bits per heavy atom. The Morgan fingerprint density at radius 3 is 1.20 bits per heavy atom. The molecule has 0 aliphatic heterocycles. The summed E-state index contributed by atoms with van der Waals surface area (Å²) in [6.07, 6.45) is 0. The van der Waals surface area contributed by atoms with E-state index in [0.29, 0.717) is 0 Å². The number of nitrogens with zero attached hydrogens (tertiary/aromatic N) is 2. The summed E-state index contributed by atoms with van der Waals surface area (Å²) in [6.45, 7) is 22.4. The summed E-state index contributed by atoms with van der Waals surface area (Å²) >= 11 is 0. The van der Waals surface area contributed by atoms with E-state index in [1.807, 2.05) is 0 Å². The smallest absolute Gasteiger partial charge is 0.162 e. The van der Waals surface area contributed by atoms with E-state index >= 15 is 0 Å². The van der Waals surface area contributed by atoms with Gasteiger partial charge in [-0.05, 0) is 120 Å². The van der Waals surface area contributed by atoms with Gasteiger partial charge in [0.1, 0.15) is 11.0 Å². The molecule has 230 valence electrons. The van der Waals surface area contributed by atoms with Gasteiger partial charge < -0.3 is 17.6 Å². The van der Waals surface area contributed by atoms with Crippen molar-refractivity contribution in [2.24, 2.45) is 0 Å². The van der Waals surface area contributed by atoms with Crippen LogP contribution in [-0.4, -0.2) is 8.80 Å². The minimum absolute atomic E-state index is 0.00538. The standard InChI is InChI=1S/C42H40N2O2/c1-21-15-27-31(17-23(21)3)43-29-13-11-25(41(5,6)7)19-33(29)46-40-36-28-16-22(2)24(4)18-32(28)44-30-14-12-26(42(8,9)10)20-34(30)45-39(38(36)44)35(27)37(40)43/h11-20H,1-10H3. The molecule has 0 spiro atoms. The van der Waals surface area contributed by atoms with E-state index in [2.05, 4.69) is 139 Å². The molecule has 4 heterocycles. The summed E-state index contributed by atoms with van der Waals surface area (Å²) in [6, 6.07) is 22.9. The highest BCUT2D eigenvalue weighted by molar-refractivity contribution is 6.35. The molecule has 9 aromatic rings. The molecule has 4 aromatic heterocycles. The van der Waals surface area contributed by atoms with Crippen molar-refractivity contribution < 1.29 is 8.83 Å². The van der Waals surface area contributed by atoms with Crippen molar-refractivity contribution >= 4 is 77.0 Å². The van der Waals surface area contributed by atoms with Crippen LogP contribution in [0.3, 0.4) is 0 Å². The third-order valence-electron chi connectivity index (χ3n) is 10.6. The van der Waals surface area contributed by atoms with Crippen molar-refractivity contribution in [2.75, 3.05) is 0 Å². The Morgan fingerprint density at radius 2 is 0.826 bits per heavy atom. The molecule has 0 unspecified atom stereocenters. The van der Waals surface area contributed by atoms with Gasteiger partial charge in [0.2, 0.25) is 0 Å². The Hall–Kier alpha value is -4.70. The van der Waals surface area contributed by atoms with E-state index in [0.717, 1.165) is 55.2 Å². The maximum Gasteiger partial charge on any atom is 0.162 e. The molecule has 5 aromatic carbocycles. The molecule has 46 heavy (non-hydrogen) atoms. The van der Waals surface area contributed by atoms with Crippen molar-refractivity contribution in [1.82, 2.24) is 8.80 Å². The third-order valence-corrected chi connectivity index (χ3v) is 10.6. The van der Waals surface area contributed by atoms with Gasteiger partial charge in [-0.1, -0.05) is 53.7 Å². The molecule has 0 saturated carbocycles. The zero-order valence-electron chi connectivity index (χ0n) is 28.5. The fourth-order valence-electron chi connectivity index (χ4n) is 7.63. The van der Waals surface area contributed by atoms with Crippen LogP contribution in [0.15, 0.2) is 69.5 Å². The summed E-state index contributed by atoms with van der Waals surface area (Å²) in [7, 11) is 0. The quantitative estimate of drug-likeness (QED) is 0.161. The molecular weight excluding hydrogens is 564 g/mol. The lowest BCUT2D eigenvalue weighted by Crippen LogP contribution is -2.10. The topological polar surface area (TPSA) is 35.1 Å². The zero-order valence-corrected chi connectivity index (χ0v) is 28.5. The van der Waals surface area contributed by atoms with Gasteiger partial charge in [0.05, 0.1) is 32.8 Å². The van der Waals surface area contributed by atoms with Crippen LogP contribution in [0.25, 0.3) is 77.0 Å². The summed E-state index contributed by atoms with van der Waals surface area (Å²) in [5.41, 5.74) is 17.8. The Labute approximate surface area is 268 Å². The molecule has 0 saturated heterocycles. The van der Waals surface area contributed by atoms with Crippen LogP contribution < -0.4 is 0 Å². The van der Waals surface area contributed by atoms with Crippen LogP contribution in [-0.2, 0) is 10.8 Å². The van der Waals surface area contributed by atoms with Crippen LogP contribution in [0.4, 0.5) is 0 Å². The van der Waals surface area contributed by atoms with E-state index in [-0.39, 0.29) is 10.8 Å². The average molecular weight is 605 g/mol. The predicted molar refractivity (Wildman–Crippen MR) is 194 cm³/mol. The summed E-state index contributed by atoms with van der Waals surface area (Å²) in [4.78, 5) is 0. The van der Waals surface area contributed by atoms with E-state index < -0.39 is 0 Å². The minimum Gasteiger partial charge on any atom is -0.452 e. The van der Waals surface area contributed by atoms with Gasteiger partial charge in [-0.3, -0.25) is 0 Å². The highest BCUT2D eigenvalue weighted by atomic mass is 16.3. The fourth-order valence-corrected chi connectivity index (χ4v) is 7.63. The Bertz CT molecular complexity index is 2600. The molecule has 0 fully saturated rings. The first-order valence-corrected chi connectivity index (χ1v) is 16.4. The lowest BCUT2D eigenvalue weighted by molar-refractivity contribution is 0.586. The van der Waals surface area contributed by atoms with Gasteiger partial charge in [0.25, 0.3) is 0 Å². The minimum atomic E-state index is -0.00538. The van der Waals surface area contributed by atoms with Crippen LogP contribution >= 0.6 is 0 Å². The predicted octanol–water partition coefficient (Wildman–Crippen LogP) is 12.1. The molecule has 0 bridgehead atoms. The van der Waals surface area contributed by atoms with Crippen molar-refractivity contribution in [3.05, 3.63) is 94.0 Å². The average Bonchev–Trinajstić information content (AvgIpc) is 3.48. The van der Waals surface area contributed by atoms with Gasteiger partial charge in [-0.15, -0.1) is 0 Å². The molecule has 4 heteroatoms. The second-order valence-corrected chi connectivity index (χ2v) is 15.8. The number of aromatic nitrogens is 2. The van der Waals surface area contributed by atoms with Crippen molar-refractivity contribution in [3.63, 3.8) is 0 Å². The lowest BCUT2D eigenvalue weighted by atomic mass is 9.87. The molecule has 0 aliphatic carbocycles. The largest absolute Gasteiger partial charge is 0.452 e. The Kier molecular flexibility index (Phi) is 5.13. The second kappa shape index (κ2) is 8.55. The van der Waals surface area contributed by atoms with Crippen molar-refractivity contribution in [2.45, 2.75) is 80.1 Å². The number of aryl methyl sites for hydroxylation is 4. The first-order valence-electron chi connectivity index (χ1n) is 16.4. The van der Waals surface area contributed by atoms with E-state index in [1.54, 1.807) is 0 Å². The first kappa shape index (κ1) is 27.6. The fraction of sp³-hybridized carbons (Fsp3) is 0.286. The normalized spacial score (nSPS) is 13.4. The highest BCUT2D eigenvalue weighted by Crippen LogP contribution is 2.48. The van der Waals surface area contributed by atoms with Gasteiger partial charge in [0.15, 0.2) is 22.3 Å². The first-order chi connectivity index (χ1) is 21.7. The molecule has 0 radical (unpaired) electrons. The monoisotopic (exact) mass is 604 g/mol. The molecule has 0 N–H and O–H groups in total. The zero-order chi connectivity index (χ0) is 32.2. The van der Waals surface area contributed by atoms with Crippen molar-refractivity contribution in [3.8, 4) is 0 Å². The van der Waals surface area contributed by atoms with Crippen molar-refractivity contribution in [1.29, 1.82) is 0 Å². The molecule has 0 aliphatic rings. The molecule has 0 atom stereocenters. The lowest BCUT2D eigenvalue weighted by Gasteiger charge is -2.20. The van der Waals surface area contributed by atoms with Crippen LogP contribution in [0, 0.1) is 27.7 Å². The van der Waals surface area contributed by atoms with Gasteiger partial charge in [-0.25, -0.2) is 0 Å². The number of benzene rings is 5. The molecule has 9 rings (SSSR count). The van der Waals surface area contributed by atoms with E-state index in [1.165, 1.54) is 55.2 Å². The van der Waals surface area contributed by atoms with Crippen LogP contribution in [0.2, 0.25) is 0 Å². The molecule has 4 nitrogen and oxygen atoms in total. The summed E-state index contributed by atoms with van der Waals surface area (Å²) in [5, 5.41) is 4.59. The number of fused-ring (bicyclic) bond motifs is 12. The SMILES string of the molecule is Cc1cc2c3c4oc5cc(C(C)(C)C)ccc5n5c6cc(C)c(C)cc6c(c6oc7cc(C(C)(C)C)ccc7n(c2cc1C)c63)c45. The molecule has 0 amide bonds. The molecular formula is C42H40N2O2. The maximum atomic E-state index is 7.17. The van der Waals surface area contributed by atoms with Gasteiger partial charge >= 0.3 is 0 Å². The van der Waals surface area contributed by atoms with E-state index in [4.69, 9.17) is 8.83 Å². The summed E-state index contributed by atoms with van der Waals surface area (Å²) in [5.74, 6) is 0.